The molecule has 1 amide bonds. The van der Waals surface area contributed by atoms with Crippen LogP contribution in [0.1, 0.15) is 28.0 Å². The Bertz CT molecular complexity index is 1380. The first-order valence-electron chi connectivity index (χ1n) is 10.4. The van der Waals surface area contributed by atoms with Crippen LogP contribution in [0, 0.1) is 5.82 Å². The number of benzene rings is 2. The van der Waals surface area contributed by atoms with Crippen molar-refractivity contribution in [2.75, 3.05) is 25.7 Å². The maximum absolute atomic E-state index is 14.7. The van der Waals surface area contributed by atoms with Gasteiger partial charge in [-0.05, 0) is 36.2 Å². The summed E-state index contributed by atoms with van der Waals surface area (Å²) in [6, 6.07) is 9.36. The van der Waals surface area contributed by atoms with Crippen molar-refractivity contribution in [1.29, 1.82) is 0 Å². The number of methoxy groups -OCH3 is 2. The van der Waals surface area contributed by atoms with E-state index in [-0.39, 0.29) is 22.9 Å². The van der Waals surface area contributed by atoms with Gasteiger partial charge in [0.25, 0.3) is 5.91 Å². The van der Waals surface area contributed by atoms with Gasteiger partial charge < -0.3 is 14.8 Å². The fraction of sp³-hybridized carbons (Fsp3) is 0.304. The molecule has 1 saturated heterocycles. The molecule has 3 aromatic rings. The number of carbonyl (C=O) groups excluding carboxylic acids is 1. The van der Waals surface area contributed by atoms with E-state index in [1.165, 1.54) is 17.9 Å². The Kier molecular flexibility index (Phi) is 5.12. The van der Waals surface area contributed by atoms with Crippen molar-refractivity contribution in [3.63, 3.8) is 0 Å². The zero-order valence-corrected chi connectivity index (χ0v) is 18.9. The molecule has 0 spiro atoms. The fourth-order valence-electron chi connectivity index (χ4n) is 4.52. The van der Waals surface area contributed by atoms with E-state index >= 15 is 0 Å². The van der Waals surface area contributed by atoms with Gasteiger partial charge in [0.15, 0.2) is 27.0 Å². The normalized spacial score (nSPS) is 18.0. The zero-order valence-electron chi connectivity index (χ0n) is 18.1. The molecule has 1 N–H and O–H groups in total. The molecule has 1 aliphatic heterocycles. The number of nitrogens with zero attached hydrogens (tertiary/aromatic N) is 2. The maximum Gasteiger partial charge on any atom is 0.272 e. The number of rotatable bonds is 5. The van der Waals surface area contributed by atoms with E-state index in [4.69, 9.17) is 9.47 Å². The summed E-state index contributed by atoms with van der Waals surface area (Å²) in [5.41, 5.74) is 3.25. The highest BCUT2D eigenvalue weighted by atomic mass is 32.2. The molecule has 0 unspecified atom stereocenters. The van der Waals surface area contributed by atoms with E-state index in [1.54, 1.807) is 31.4 Å². The lowest BCUT2D eigenvalue weighted by Gasteiger charge is -2.13. The number of sulfone groups is 1. The van der Waals surface area contributed by atoms with E-state index in [0.29, 0.717) is 35.6 Å². The van der Waals surface area contributed by atoms with Crippen LogP contribution in [0.3, 0.4) is 0 Å². The third-order valence-corrected chi connectivity index (χ3v) is 7.85. The minimum Gasteiger partial charge on any atom is -0.493 e. The van der Waals surface area contributed by atoms with Crippen LogP contribution in [0.2, 0.25) is 0 Å². The molecule has 33 heavy (non-hydrogen) atoms. The standard InChI is InChI=1S/C23H22FN3O5S/c1-31-19-10-13-9-16-21(23(28)25-14-7-8-33(29,30)12-14)26-27(18-6-4-3-5-17(18)24)22(16)15(13)11-20(19)32-2/h3-6,10-11,14H,7-9,12H2,1-2H3,(H,25,28)/t14-/m1/s1. The highest BCUT2D eigenvalue weighted by Crippen LogP contribution is 2.45. The van der Waals surface area contributed by atoms with Gasteiger partial charge in [0.05, 0.1) is 31.4 Å². The second-order valence-electron chi connectivity index (χ2n) is 8.15. The van der Waals surface area contributed by atoms with Crippen molar-refractivity contribution < 1.29 is 27.1 Å². The highest BCUT2D eigenvalue weighted by Gasteiger charge is 2.35. The quantitative estimate of drug-likeness (QED) is 0.480. The molecular formula is C23H22FN3O5S. The molecule has 172 valence electrons. The van der Waals surface area contributed by atoms with Crippen LogP contribution in [-0.4, -0.2) is 55.9 Å². The predicted molar refractivity (Wildman–Crippen MR) is 119 cm³/mol. The Morgan fingerprint density at radius 1 is 1.18 bits per heavy atom. The molecule has 8 nitrogen and oxygen atoms in total. The Hall–Kier alpha value is -3.40. The smallest absolute Gasteiger partial charge is 0.272 e. The number of hydrogen-bond donors (Lipinski definition) is 1. The number of ether oxygens (including phenoxy) is 2. The van der Waals surface area contributed by atoms with Gasteiger partial charge in [0.2, 0.25) is 0 Å². The van der Waals surface area contributed by atoms with Crippen LogP contribution in [0.25, 0.3) is 16.9 Å². The summed E-state index contributed by atoms with van der Waals surface area (Å²) in [4.78, 5) is 13.2. The summed E-state index contributed by atoms with van der Waals surface area (Å²) >= 11 is 0. The predicted octanol–water partition coefficient (Wildman–Crippen LogP) is 2.52. The molecule has 5 rings (SSSR count). The van der Waals surface area contributed by atoms with Gasteiger partial charge in [-0.3, -0.25) is 4.79 Å². The number of aromatic nitrogens is 2. The first kappa shape index (κ1) is 21.4. The monoisotopic (exact) mass is 471 g/mol. The van der Waals surface area contributed by atoms with Crippen molar-refractivity contribution in [2.45, 2.75) is 18.9 Å². The minimum atomic E-state index is -3.15. The second-order valence-corrected chi connectivity index (χ2v) is 10.4. The van der Waals surface area contributed by atoms with Crippen LogP contribution in [0.4, 0.5) is 4.39 Å². The number of amides is 1. The average molecular weight is 472 g/mol. The molecule has 1 fully saturated rings. The summed E-state index contributed by atoms with van der Waals surface area (Å²) in [6.07, 6.45) is 0.754. The van der Waals surface area contributed by atoms with Crippen molar-refractivity contribution >= 4 is 15.7 Å². The van der Waals surface area contributed by atoms with Crippen LogP contribution >= 0.6 is 0 Å². The largest absolute Gasteiger partial charge is 0.493 e. The first-order valence-corrected chi connectivity index (χ1v) is 12.3. The maximum atomic E-state index is 14.7. The molecule has 0 radical (unpaired) electrons. The van der Waals surface area contributed by atoms with Crippen LogP contribution < -0.4 is 14.8 Å². The topological polar surface area (TPSA) is 99.5 Å². The summed E-state index contributed by atoms with van der Waals surface area (Å²) < 4.78 is 50.6. The lowest BCUT2D eigenvalue weighted by atomic mass is 10.1. The molecular weight excluding hydrogens is 449 g/mol. The van der Waals surface area contributed by atoms with Crippen molar-refractivity contribution in [3.05, 3.63) is 59.0 Å². The van der Waals surface area contributed by atoms with Gasteiger partial charge in [-0.2, -0.15) is 5.10 Å². The molecule has 1 aromatic heterocycles. The second kappa shape index (κ2) is 7.87. The van der Waals surface area contributed by atoms with Gasteiger partial charge in [0.1, 0.15) is 11.5 Å². The molecule has 10 heteroatoms. The Morgan fingerprint density at radius 3 is 2.58 bits per heavy atom. The minimum absolute atomic E-state index is 0.0464. The number of carbonyl (C=O) groups is 1. The molecule has 2 aromatic carbocycles. The number of para-hydroxylation sites is 1. The Labute approximate surface area is 190 Å². The molecule has 2 heterocycles. The first-order chi connectivity index (χ1) is 15.8. The highest BCUT2D eigenvalue weighted by molar-refractivity contribution is 7.91. The molecule has 0 saturated carbocycles. The fourth-order valence-corrected chi connectivity index (χ4v) is 6.19. The number of fused-ring (bicyclic) bond motifs is 3. The molecule has 1 atom stereocenters. The summed E-state index contributed by atoms with van der Waals surface area (Å²) in [5.74, 6) is 0.0520. The summed E-state index contributed by atoms with van der Waals surface area (Å²) in [6.45, 7) is 0. The van der Waals surface area contributed by atoms with Gasteiger partial charge in [-0.15, -0.1) is 0 Å². The van der Waals surface area contributed by atoms with Crippen LogP contribution in [0.15, 0.2) is 36.4 Å². The van der Waals surface area contributed by atoms with E-state index < -0.39 is 27.6 Å². The summed E-state index contributed by atoms with van der Waals surface area (Å²) in [7, 11) is -0.0808. The van der Waals surface area contributed by atoms with Crippen molar-refractivity contribution in [3.8, 4) is 28.4 Å². The van der Waals surface area contributed by atoms with E-state index in [0.717, 1.165) is 11.1 Å². The van der Waals surface area contributed by atoms with E-state index in [2.05, 4.69) is 10.4 Å². The Morgan fingerprint density at radius 2 is 1.91 bits per heavy atom. The number of nitrogens with one attached hydrogen (secondary N) is 1. The third kappa shape index (κ3) is 3.64. The summed E-state index contributed by atoms with van der Waals surface area (Å²) in [5, 5.41) is 7.28. The SMILES string of the molecule is COc1cc2c(cc1OC)-c1c(c(C(=O)N[C@@H]3CCS(=O)(=O)C3)nn1-c1ccccc1F)C2. The zero-order chi connectivity index (χ0) is 23.3. The Balaban J connectivity index is 1.63. The molecule has 2 aliphatic rings. The number of hydrogen-bond acceptors (Lipinski definition) is 6. The number of halogens is 1. The van der Waals surface area contributed by atoms with Crippen molar-refractivity contribution in [2.24, 2.45) is 0 Å². The van der Waals surface area contributed by atoms with E-state index in [9.17, 15) is 17.6 Å². The third-order valence-electron chi connectivity index (χ3n) is 6.08. The van der Waals surface area contributed by atoms with Gasteiger partial charge in [-0.25, -0.2) is 17.5 Å². The van der Waals surface area contributed by atoms with Gasteiger partial charge >= 0.3 is 0 Å². The van der Waals surface area contributed by atoms with Crippen LogP contribution in [0.5, 0.6) is 11.5 Å². The van der Waals surface area contributed by atoms with Crippen LogP contribution in [-0.2, 0) is 16.3 Å². The van der Waals surface area contributed by atoms with Gasteiger partial charge in [0, 0.05) is 23.6 Å². The molecule has 0 bridgehead atoms. The van der Waals surface area contributed by atoms with E-state index in [1.807, 2.05) is 6.07 Å². The molecule has 1 aliphatic carbocycles. The average Bonchev–Trinajstić information content (AvgIpc) is 3.44. The lowest BCUT2D eigenvalue weighted by molar-refractivity contribution is 0.0935. The van der Waals surface area contributed by atoms with Crippen molar-refractivity contribution in [1.82, 2.24) is 15.1 Å². The lowest BCUT2D eigenvalue weighted by Crippen LogP contribution is -2.36. The van der Waals surface area contributed by atoms with Gasteiger partial charge in [-0.1, -0.05) is 12.1 Å².